The van der Waals surface area contributed by atoms with Crippen molar-refractivity contribution >= 4 is 21.8 Å². The fourth-order valence-electron chi connectivity index (χ4n) is 3.41. The van der Waals surface area contributed by atoms with E-state index in [1.54, 1.807) is 0 Å². The number of halogens is 1. The average Bonchev–Trinajstić information content (AvgIpc) is 3.25. The first kappa shape index (κ1) is 19.8. The Morgan fingerprint density at radius 1 is 1.10 bits per heavy atom. The van der Waals surface area contributed by atoms with Crippen LogP contribution >= 0.6 is 15.9 Å². The third-order valence-corrected chi connectivity index (χ3v) is 5.61. The van der Waals surface area contributed by atoms with Crippen LogP contribution in [-0.4, -0.2) is 40.6 Å². The summed E-state index contributed by atoms with van der Waals surface area (Å²) in [6.45, 7) is 1.90. The number of hydrogen-bond acceptors (Lipinski definition) is 5. The highest BCUT2D eigenvalue weighted by Gasteiger charge is 2.27. The molecule has 29 heavy (non-hydrogen) atoms. The Labute approximate surface area is 178 Å². The minimum absolute atomic E-state index is 0.0282. The van der Waals surface area contributed by atoms with Gasteiger partial charge in [-0.05, 0) is 42.7 Å². The molecule has 1 aromatic heterocycles. The van der Waals surface area contributed by atoms with Crippen molar-refractivity contribution in [2.45, 2.75) is 25.4 Å². The van der Waals surface area contributed by atoms with Crippen LogP contribution in [0.4, 0.5) is 0 Å². The van der Waals surface area contributed by atoms with Crippen LogP contribution in [0.5, 0.6) is 0 Å². The van der Waals surface area contributed by atoms with Crippen LogP contribution in [0, 0.1) is 0 Å². The second-order valence-electron chi connectivity index (χ2n) is 7.10. The Morgan fingerprint density at radius 3 is 2.55 bits per heavy atom. The second-order valence-corrected chi connectivity index (χ2v) is 8.01. The number of nitrogens with zero attached hydrogens (tertiary/aromatic N) is 3. The second kappa shape index (κ2) is 9.33. The fraction of sp³-hybridized carbons (Fsp3) is 0.318. The summed E-state index contributed by atoms with van der Waals surface area (Å²) in [5.74, 6) is 1.46. The van der Waals surface area contributed by atoms with Crippen LogP contribution in [0.3, 0.4) is 0 Å². The van der Waals surface area contributed by atoms with E-state index >= 15 is 0 Å². The molecule has 0 N–H and O–H groups in total. The maximum atomic E-state index is 12.4. The molecule has 0 atom stereocenters. The van der Waals surface area contributed by atoms with Gasteiger partial charge in [0.15, 0.2) is 0 Å². The van der Waals surface area contributed by atoms with E-state index in [0.717, 1.165) is 28.4 Å². The van der Waals surface area contributed by atoms with Crippen molar-refractivity contribution in [2.24, 2.45) is 0 Å². The molecule has 2 aromatic carbocycles. The molecule has 1 saturated heterocycles. The van der Waals surface area contributed by atoms with Crippen LogP contribution in [0.15, 0.2) is 63.6 Å². The summed E-state index contributed by atoms with van der Waals surface area (Å²) in [5.41, 5.74) is 1.99. The van der Waals surface area contributed by atoms with E-state index in [-0.39, 0.29) is 18.4 Å². The van der Waals surface area contributed by atoms with Crippen LogP contribution < -0.4 is 0 Å². The summed E-state index contributed by atoms with van der Waals surface area (Å²) in [6, 6.07) is 17.7. The zero-order valence-corrected chi connectivity index (χ0v) is 17.5. The molecule has 0 saturated carbocycles. The molecule has 4 rings (SSSR count). The Kier molecular flexibility index (Phi) is 6.36. The quantitative estimate of drug-likeness (QED) is 0.549. The molecule has 0 aliphatic carbocycles. The zero-order chi connectivity index (χ0) is 20.1. The number of hydrogen-bond donors (Lipinski definition) is 0. The number of piperidine rings is 1. The van der Waals surface area contributed by atoms with Gasteiger partial charge in [0.2, 0.25) is 17.6 Å². The molecule has 0 spiro atoms. The number of carbonyl (C=O) groups excluding carboxylic acids is 1. The summed E-state index contributed by atoms with van der Waals surface area (Å²) in [7, 11) is 0. The van der Waals surface area contributed by atoms with Gasteiger partial charge >= 0.3 is 0 Å². The van der Waals surface area contributed by atoms with E-state index in [1.807, 2.05) is 59.5 Å². The first-order valence-electron chi connectivity index (χ1n) is 9.68. The molecule has 1 fully saturated rings. The van der Waals surface area contributed by atoms with Crippen LogP contribution in [-0.2, 0) is 16.1 Å². The lowest BCUT2D eigenvalue weighted by Gasteiger charge is -2.30. The highest BCUT2D eigenvalue weighted by Crippen LogP contribution is 2.29. The van der Waals surface area contributed by atoms with Gasteiger partial charge in [-0.15, -0.1) is 0 Å². The molecule has 0 unspecified atom stereocenters. The monoisotopic (exact) mass is 455 g/mol. The fourth-order valence-corrected chi connectivity index (χ4v) is 3.68. The van der Waals surface area contributed by atoms with E-state index in [1.165, 1.54) is 0 Å². The van der Waals surface area contributed by atoms with Gasteiger partial charge < -0.3 is 14.2 Å². The first-order valence-corrected chi connectivity index (χ1v) is 10.5. The van der Waals surface area contributed by atoms with Crippen molar-refractivity contribution in [3.05, 3.63) is 70.5 Å². The summed E-state index contributed by atoms with van der Waals surface area (Å²) in [4.78, 5) is 18.8. The number of aromatic nitrogens is 2. The van der Waals surface area contributed by atoms with Gasteiger partial charge in [0.1, 0.15) is 6.61 Å². The van der Waals surface area contributed by atoms with Crippen molar-refractivity contribution in [3.8, 4) is 11.4 Å². The van der Waals surface area contributed by atoms with Gasteiger partial charge in [0.05, 0.1) is 6.61 Å². The van der Waals surface area contributed by atoms with Crippen molar-refractivity contribution in [3.63, 3.8) is 0 Å². The van der Waals surface area contributed by atoms with Crippen molar-refractivity contribution in [1.29, 1.82) is 0 Å². The molecule has 7 heteroatoms. The van der Waals surface area contributed by atoms with E-state index in [4.69, 9.17) is 9.26 Å². The normalized spacial score (nSPS) is 14.9. The van der Waals surface area contributed by atoms with E-state index in [2.05, 4.69) is 26.1 Å². The van der Waals surface area contributed by atoms with Gasteiger partial charge in [-0.2, -0.15) is 4.98 Å². The van der Waals surface area contributed by atoms with Gasteiger partial charge in [0.25, 0.3) is 0 Å². The lowest BCUT2D eigenvalue weighted by atomic mass is 9.97. The maximum Gasteiger partial charge on any atom is 0.248 e. The highest BCUT2D eigenvalue weighted by atomic mass is 79.9. The van der Waals surface area contributed by atoms with Crippen molar-refractivity contribution in [1.82, 2.24) is 15.0 Å². The molecular formula is C22H22BrN3O3. The zero-order valence-electron chi connectivity index (χ0n) is 16.0. The average molecular weight is 456 g/mol. The molecule has 1 amide bonds. The Hall–Kier alpha value is -2.51. The van der Waals surface area contributed by atoms with Crippen LogP contribution in [0.25, 0.3) is 11.4 Å². The predicted molar refractivity (Wildman–Crippen MR) is 112 cm³/mol. The standard InChI is InChI=1S/C22H22BrN3O3/c23-19-8-6-17(7-9-19)21-24-22(29-25-21)18-10-12-26(13-11-18)20(27)15-28-14-16-4-2-1-3-5-16/h1-9,18H,10-15H2. The number of carbonyl (C=O) groups is 1. The lowest BCUT2D eigenvalue weighted by Crippen LogP contribution is -2.40. The molecule has 150 valence electrons. The molecule has 1 aliphatic rings. The molecule has 6 nitrogen and oxygen atoms in total. The summed E-state index contributed by atoms with van der Waals surface area (Å²) in [6.07, 6.45) is 1.62. The van der Waals surface area contributed by atoms with Gasteiger partial charge in [-0.3, -0.25) is 4.79 Å². The smallest absolute Gasteiger partial charge is 0.248 e. The van der Waals surface area contributed by atoms with Gasteiger partial charge in [0, 0.05) is 29.0 Å². The van der Waals surface area contributed by atoms with E-state index < -0.39 is 0 Å². The minimum atomic E-state index is 0.0282. The molecule has 1 aliphatic heterocycles. The van der Waals surface area contributed by atoms with Crippen molar-refractivity contribution < 1.29 is 14.1 Å². The number of rotatable bonds is 6. The first-order chi connectivity index (χ1) is 14.2. The van der Waals surface area contributed by atoms with E-state index in [9.17, 15) is 4.79 Å². The van der Waals surface area contributed by atoms with Crippen molar-refractivity contribution in [2.75, 3.05) is 19.7 Å². The Balaban J connectivity index is 1.26. The van der Waals surface area contributed by atoms with Crippen LogP contribution in [0.1, 0.15) is 30.2 Å². The number of amides is 1. The Bertz CT molecular complexity index is 935. The minimum Gasteiger partial charge on any atom is -0.367 e. The number of likely N-dealkylation sites (tertiary alicyclic amines) is 1. The molecular weight excluding hydrogens is 434 g/mol. The summed E-state index contributed by atoms with van der Waals surface area (Å²) < 4.78 is 12.1. The van der Waals surface area contributed by atoms with Gasteiger partial charge in [-0.25, -0.2) is 0 Å². The number of benzene rings is 2. The molecule has 3 aromatic rings. The topological polar surface area (TPSA) is 68.5 Å². The molecule has 0 radical (unpaired) electrons. The Morgan fingerprint density at radius 2 is 1.83 bits per heavy atom. The molecule has 2 heterocycles. The van der Waals surface area contributed by atoms with E-state index in [0.29, 0.717) is 31.4 Å². The summed E-state index contributed by atoms with van der Waals surface area (Å²) >= 11 is 3.43. The number of ether oxygens (including phenoxy) is 1. The third-order valence-electron chi connectivity index (χ3n) is 5.08. The highest BCUT2D eigenvalue weighted by molar-refractivity contribution is 9.10. The molecule has 0 bridgehead atoms. The predicted octanol–water partition coefficient (Wildman–Crippen LogP) is 4.42. The third kappa shape index (κ3) is 5.10. The van der Waals surface area contributed by atoms with Crippen LogP contribution in [0.2, 0.25) is 0 Å². The maximum absolute atomic E-state index is 12.4. The van der Waals surface area contributed by atoms with Gasteiger partial charge in [-0.1, -0.05) is 51.4 Å². The lowest BCUT2D eigenvalue weighted by molar-refractivity contribution is -0.137. The SMILES string of the molecule is O=C(COCc1ccccc1)N1CCC(c2nc(-c3ccc(Br)cc3)no2)CC1. The summed E-state index contributed by atoms with van der Waals surface area (Å²) in [5, 5.41) is 4.11. The largest absolute Gasteiger partial charge is 0.367 e.